The predicted molar refractivity (Wildman–Crippen MR) is 95.2 cm³/mol. The van der Waals surface area contributed by atoms with E-state index in [1.165, 1.54) is 29.2 Å². The van der Waals surface area contributed by atoms with Crippen molar-refractivity contribution in [3.8, 4) is 16.3 Å². The highest BCUT2D eigenvalue weighted by atomic mass is 32.1. The average molecular weight is 414 g/mol. The van der Waals surface area contributed by atoms with Gasteiger partial charge in [-0.05, 0) is 44.0 Å². The summed E-state index contributed by atoms with van der Waals surface area (Å²) in [6.45, 7) is 2.32. The maximum Gasteiger partial charge on any atom is 0.573 e. The number of piperidine rings is 1. The van der Waals surface area contributed by atoms with Crippen molar-refractivity contribution < 1.29 is 32.6 Å². The second-order valence-electron chi connectivity index (χ2n) is 6.43. The first-order valence-electron chi connectivity index (χ1n) is 8.50. The summed E-state index contributed by atoms with van der Waals surface area (Å²) in [5.74, 6) is -2.11. The third-order valence-electron chi connectivity index (χ3n) is 4.38. The number of carbonyl (C=O) groups excluding carboxylic acids is 1. The molecule has 0 bridgehead atoms. The van der Waals surface area contributed by atoms with E-state index in [1.54, 1.807) is 6.92 Å². The molecule has 1 aliphatic rings. The number of aryl methyl sites for hydroxylation is 1. The summed E-state index contributed by atoms with van der Waals surface area (Å²) in [7, 11) is 0. The Labute approximate surface area is 162 Å². The van der Waals surface area contributed by atoms with Gasteiger partial charge in [0.15, 0.2) is 0 Å². The van der Waals surface area contributed by atoms with Crippen molar-refractivity contribution in [1.29, 1.82) is 0 Å². The molecule has 3 rings (SSSR count). The molecule has 0 aliphatic carbocycles. The number of aliphatic carboxylic acids is 1. The van der Waals surface area contributed by atoms with E-state index in [0.717, 1.165) is 11.3 Å². The Morgan fingerprint density at radius 3 is 2.57 bits per heavy atom. The molecule has 6 nitrogen and oxygen atoms in total. The van der Waals surface area contributed by atoms with Crippen molar-refractivity contribution in [2.24, 2.45) is 5.92 Å². The molecule has 1 amide bonds. The fraction of sp³-hybridized carbons (Fsp3) is 0.389. The standard InChI is InChI=1S/C18H17F3N2O4S/c1-10-14(16(24)23-8-2-3-12(9-23)17(25)26)28-15(22-10)11-4-6-13(7-5-11)27-18(19,20)21/h4-7,12H,2-3,8-9H2,1H3,(H,25,26)/t12-/m1/s1. The Bertz CT molecular complexity index is 880. The van der Waals surface area contributed by atoms with E-state index >= 15 is 0 Å². The van der Waals surface area contributed by atoms with E-state index in [0.29, 0.717) is 40.5 Å². The Morgan fingerprint density at radius 1 is 1.29 bits per heavy atom. The summed E-state index contributed by atoms with van der Waals surface area (Å²) in [4.78, 5) is 30.3. The Hall–Kier alpha value is -2.62. The van der Waals surface area contributed by atoms with Gasteiger partial charge in [-0.25, -0.2) is 4.98 Å². The lowest BCUT2D eigenvalue weighted by molar-refractivity contribution is -0.274. The van der Waals surface area contributed by atoms with Gasteiger partial charge in [-0.3, -0.25) is 9.59 Å². The van der Waals surface area contributed by atoms with Crippen LogP contribution in [0.2, 0.25) is 0 Å². The van der Waals surface area contributed by atoms with Crippen LogP contribution in [0.3, 0.4) is 0 Å². The first-order valence-corrected chi connectivity index (χ1v) is 9.31. The zero-order chi connectivity index (χ0) is 20.5. The van der Waals surface area contributed by atoms with Gasteiger partial charge in [-0.1, -0.05) is 0 Å². The number of rotatable bonds is 4. The number of hydrogen-bond acceptors (Lipinski definition) is 5. The lowest BCUT2D eigenvalue weighted by Gasteiger charge is -2.30. The van der Waals surface area contributed by atoms with Crippen LogP contribution < -0.4 is 4.74 Å². The highest BCUT2D eigenvalue weighted by molar-refractivity contribution is 7.17. The SMILES string of the molecule is Cc1nc(-c2ccc(OC(F)(F)F)cc2)sc1C(=O)N1CCC[C@@H](C(=O)O)C1. The van der Waals surface area contributed by atoms with Crippen LogP contribution in [0.25, 0.3) is 10.6 Å². The summed E-state index contributed by atoms with van der Waals surface area (Å²) in [5, 5.41) is 9.67. The number of halogens is 3. The number of hydrogen-bond donors (Lipinski definition) is 1. The Morgan fingerprint density at radius 2 is 1.96 bits per heavy atom. The summed E-state index contributed by atoms with van der Waals surface area (Å²) in [6, 6.07) is 5.25. The van der Waals surface area contributed by atoms with Gasteiger partial charge in [0.05, 0.1) is 11.6 Å². The number of thiazole rings is 1. The smallest absolute Gasteiger partial charge is 0.481 e. The Balaban J connectivity index is 1.77. The summed E-state index contributed by atoms with van der Waals surface area (Å²) in [6.07, 6.45) is -3.60. The third-order valence-corrected chi connectivity index (χ3v) is 5.58. The number of carboxylic acids is 1. The molecule has 0 saturated carbocycles. The number of ether oxygens (including phenoxy) is 1. The number of carboxylic acid groups (broad SMARTS) is 1. The zero-order valence-corrected chi connectivity index (χ0v) is 15.6. The molecule has 1 aromatic carbocycles. The molecular formula is C18H17F3N2O4S. The molecule has 1 aromatic heterocycles. The van der Waals surface area contributed by atoms with Crippen LogP contribution in [0, 0.1) is 12.8 Å². The summed E-state index contributed by atoms with van der Waals surface area (Å²) >= 11 is 1.13. The molecule has 0 spiro atoms. The lowest BCUT2D eigenvalue weighted by atomic mass is 9.98. The van der Waals surface area contributed by atoms with E-state index in [1.807, 2.05) is 0 Å². The first-order chi connectivity index (χ1) is 13.1. The summed E-state index contributed by atoms with van der Waals surface area (Å²) < 4.78 is 40.6. The van der Waals surface area contributed by atoms with Crippen molar-refractivity contribution in [3.63, 3.8) is 0 Å². The van der Waals surface area contributed by atoms with Gasteiger partial charge in [0.1, 0.15) is 15.6 Å². The van der Waals surface area contributed by atoms with E-state index in [9.17, 15) is 27.9 Å². The van der Waals surface area contributed by atoms with Crippen molar-refractivity contribution >= 4 is 23.2 Å². The fourth-order valence-corrected chi connectivity index (χ4v) is 4.06. The minimum atomic E-state index is -4.76. The normalized spacial score (nSPS) is 17.4. The third kappa shape index (κ3) is 4.61. The van der Waals surface area contributed by atoms with E-state index < -0.39 is 18.2 Å². The number of aromatic nitrogens is 1. The maximum atomic E-state index is 12.8. The van der Waals surface area contributed by atoms with Crippen LogP contribution in [0.4, 0.5) is 13.2 Å². The highest BCUT2D eigenvalue weighted by Crippen LogP contribution is 2.32. The minimum absolute atomic E-state index is 0.157. The molecule has 0 radical (unpaired) electrons. The van der Waals surface area contributed by atoms with E-state index in [4.69, 9.17) is 0 Å². The van der Waals surface area contributed by atoms with Gasteiger partial charge in [0.25, 0.3) is 5.91 Å². The van der Waals surface area contributed by atoms with E-state index in [-0.39, 0.29) is 18.2 Å². The second-order valence-corrected chi connectivity index (χ2v) is 7.43. The molecule has 1 N–H and O–H groups in total. The maximum absolute atomic E-state index is 12.8. The van der Waals surface area contributed by atoms with Crippen LogP contribution in [-0.4, -0.2) is 46.3 Å². The van der Waals surface area contributed by atoms with Gasteiger partial charge < -0.3 is 14.7 Å². The molecule has 1 saturated heterocycles. The number of likely N-dealkylation sites (tertiary alicyclic amines) is 1. The van der Waals surface area contributed by atoms with Crippen LogP contribution in [0.5, 0.6) is 5.75 Å². The van der Waals surface area contributed by atoms with Crippen LogP contribution >= 0.6 is 11.3 Å². The molecule has 2 heterocycles. The van der Waals surface area contributed by atoms with Crippen molar-refractivity contribution in [1.82, 2.24) is 9.88 Å². The van der Waals surface area contributed by atoms with Crippen LogP contribution in [0.15, 0.2) is 24.3 Å². The van der Waals surface area contributed by atoms with E-state index in [2.05, 4.69) is 9.72 Å². The average Bonchev–Trinajstić information content (AvgIpc) is 3.02. The van der Waals surface area contributed by atoms with Gasteiger partial charge in [-0.15, -0.1) is 24.5 Å². The first kappa shape index (κ1) is 20.1. The molecule has 1 atom stereocenters. The number of benzene rings is 1. The monoisotopic (exact) mass is 414 g/mol. The molecular weight excluding hydrogens is 397 g/mol. The largest absolute Gasteiger partial charge is 0.573 e. The van der Waals surface area contributed by atoms with Crippen molar-refractivity contribution in [2.75, 3.05) is 13.1 Å². The lowest BCUT2D eigenvalue weighted by Crippen LogP contribution is -2.42. The van der Waals surface area contributed by atoms with Gasteiger partial charge in [-0.2, -0.15) is 0 Å². The molecule has 10 heteroatoms. The van der Waals surface area contributed by atoms with Crippen molar-refractivity contribution in [2.45, 2.75) is 26.1 Å². The molecule has 0 unspecified atom stereocenters. The fourth-order valence-electron chi connectivity index (χ4n) is 3.02. The van der Waals surface area contributed by atoms with Gasteiger partial charge >= 0.3 is 12.3 Å². The van der Waals surface area contributed by atoms with Crippen LogP contribution in [0.1, 0.15) is 28.2 Å². The number of alkyl halides is 3. The number of carbonyl (C=O) groups is 2. The predicted octanol–water partition coefficient (Wildman–Crippen LogP) is 3.95. The van der Waals surface area contributed by atoms with Gasteiger partial charge in [0, 0.05) is 18.7 Å². The quantitative estimate of drug-likeness (QED) is 0.820. The molecule has 2 aromatic rings. The Kier molecular flexibility index (Phi) is 5.59. The molecule has 1 aliphatic heterocycles. The highest BCUT2D eigenvalue weighted by Gasteiger charge is 2.32. The van der Waals surface area contributed by atoms with Crippen molar-refractivity contribution in [3.05, 3.63) is 34.8 Å². The number of amides is 1. The summed E-state index contributed by atoms with van der Waals surface area (Å²) in [5.41, 5.74) is 1.06. The topological polar surface area (TPSA) is 79.7 Å². The van der Waals surface area contributed by atoms with Crippen LogP contribution in [-0.2, 0) is 4.79 Å². The molecule has 1 fully saturated rings. The molecule has 28 heavy (non-hydrogen) atoms. The molecule has 150 valence electrons. The second kappa shape index (κ2) is 7.78. The zero-order valence-electron chi connectivity index (χ0n) is 14.8. The number of nitrogens with zero attached hydrogens (tertiary/aromatic N) is 2. The van der Waals surface area contributed by atoms with Gasteiger partial charge in [0.2, 0.25) is 0 Å². The minimum Gasteiger partial charge on any atom is -0.481 e.